The number of pyridine rings is 1. The van der Waals surface area contributed by atoms with Crippen molar-refractivity contribution >= 4 is 33.4 Å². The molecule has 7 heteroatoms. The summed E-state index contributed by atoms with van der Waals surface area (Å²) >= 11 is 1.31. The van der Waals surface area contributed by atoms with Crippen LogP contribution in [0.5, 0.6) is 5.75 Å². The summed E-state index contributed by atoms with van der Waals surface area (Å²) in [6, 6.07) is 12.9. The Balaban J connectivity index is 1.49. The minimum Gasteiger partial charge on any atom is -0.495 e. The van der Waals surface area contributed by atoms with Crippen molar-refractivity contribution in [3.63, 3.8) is 0 Å². The maximum Gasteiger partial charge on any atom is 0.307 e. The van der Waals surface area contributed by atoms with Crippen LogP contribution in [0.15, 0.2) is 48.7 Å². The zero-order valence-electron chi connectivity index (χ0n) is 14.2. The topological polar surface area (TPSA) is 77.5 Å². The average molecular weight is 370 g/mol. The Morgan fingerprint density at radius 1 is 1.19 bits per heavy atom. The predicted molar refractivity (Wildman–Crippen MR) is 99.4 cm³/mol. The molecule has 0 fully saturated rings. The van der Waals surface area contributed by atoms with E-state index in [4.69, 9.17) is 9.47 Å². The van der Waals surface area contributed by atoms with E-state index in [0.717, 1.165) is 10.3 Å². The second-order valence-corrected chi connectivity index (χ2v) is 6.54. The number of rotatable bonds is 7. The van der Waals surface area contributed by atoms with Crippen LogP contribution in [0.2, 0.25) is 0 Å². The lowest BCUT2D eigenvalue weighted by Crippen LogP contribution is -2.25. The molecule has 134 valence electrons. The number of benzene rings is 1. The van der Waals surface area contributed by atoms with Crippen LogP contribution in [-0.2, 0) is 16.1 Å². The van der Waals surface area contributed by atoms with Crippen molar-refractivity contribution in [1.82, 2.24) is 10.3 Å². The van der Waals surface area contributed by atoms with E-state index in [0.29, 0.717) is 16.1 Å². The Morgan fingerprint density at radius 3 is 2.77 bits per heavy atom. The first kappa shape index (κ1) is 17.9. The molecule has 1 amide bonds. The summed E-state index contributed by atoms with van der Waals surface area (Å²) in [4.78, 5) is 28.8. The van der Waals surface area contributed by atoms with Gasteiger partial charge in [0, 0.05) is 12.7 Å². The van der Waals surface area contributed by atoms with Gasteiger partial charge in [-0.2, -0.15) is 0 Å². The van der Waals surface area contributed by atoms with Gasteiger partial charge in [0.2, 0.25) is 0 Å². The summed E-state index contributed by atoms with van der Waals surface area (Å²) in [6.45, 7) is 0.445. The van der Waals surface area contributed by atoms with Gasteiger partial charge in [-0.3, -0.25) is 14.6 Å². The van der Waals surface area contributed by atoms with Crippen LogP contribution >= 0.6 is 11.3 Å². The summed E-state index contributed by atoms with van der Waals surface area (Å²) in [5, 5.41) is 2.73. The number of carbonyl (C=O) groups excluding carboxylic acids is 2. The molecule has 0 saturated heterocycles. The second kappa shape index (κ2) is 8.44. The fourth-order valence-electron chi connectivity index (χ4n) is 2.36. The number of esters is 1. The second-order valence-electron chi connectivity index (χ2n) is 5.49. The van der Waals surface area contributed by atoms with Gasteiger partial charge in [0.25, 0.3) is 5.91 Å². The molecule has 26 heavy (non-hydrogen) atoms. The summed E-state index contributed by atoms with van der Waals surface area (Å²) < 4.78 is 11.3. The molecule has 0 saturated carbocycles. The number of ether oxygens (including phenoxy) is 2. The normalized spacial score (nSPS) is 10.5. The number of nitrogens with zero attached hydrogens (tertiary/aromatic N) is 1. The van der Waals surface area contributed by atoms with Crippen LogP contribution in [0, 0.1) is 0 Å². The van der Waals surface area contributed by atoms with Crippen molar-refractivity contribution in [1.29, 1.82) is 0 Å². The van der Waals surface area contributed by atoms with Crippen molar-refractivity contribution in [3.05, 3.63) is 59.1 Å². The molecule has 0 aliphatic rings. The first-order chi connectivity index (χ1) is 12.7. The number of thiophene rings is 1. The smallest absolute Gasteiger partial charge is 0.307 e. The maximum absolute atomic E-state index is 12.3. The van der Waals surface area contributed by atoms with Gasteiger partial charge in [0.05, 0.1) is 28.6 Å². The fourth-order valence-corrected chi connectivity index (χ4v) is 3.39. The lowest BCUT2D eigenvalue weighted by Gasteiger charge is -2.05. The third-order valence-electron chi connectivity index (χ3n) is 3.68. The van der Waals surface area contributed by atoms with E-state index >= 15 is 0 Å². The van der Waals surface area contributed by atoms with Crippen LogP contribution in [-0.4, -0.2) is 30.5 Å². The zero-order valence-corrected chi connectivity index (χ0v) is 15.0. The lowest BCUT2D eigenvalue weighted by molar-refractivity contribution is -0.144. The van der Waals surface area contributed by atoms with Crippen LogP contribution in [0.1, 0.15) is 21.7 Å². The number of hydrogen-bond acceptors (Lipinski definition) is 6. The molecule has 0 aliphatic carbocycles. The molecule has 0 atom stereocenters. The van der Waals surface area contributed by atoms with E-state index < -0.39 is 0 Å². The van der Waals surface area contributed by atoms with E-state index in [-0.39, 0.29) is 31.4 Å². The van der Waals surface area contributed by atoms with Crippen LogP contribution in [0.3, 0.4) is 0 Å². The molecule has 1 N–H and O–H groups in total. The number of fused-ring (bicyclic) bond motifs is 1. The Kier molecular flexibility index (Phi) is 5.80. The Morgan fingerprint density at radius 2 is 2.00 bits per heavy atom. The maximum atomic E-state index is 12.3. The van der Waals surface area contributed by atoms with Gasteiger partial charge in [-0.25, -0.2) is 0 Å². The van der Waals surface area contributed by atoms with Gasteiger partial charge < -0.3 is 14.8 Å². The van der Waals surface area contributed by atoms with Gasteiger partial charge in [-0.05, 0) is 17.7 Å². The summed E-state index contributed by atoms with van der Waals surface area (Å²) in [5.41, 5.74) is 1.64. The SMILES string of the molecule is COc1ccnc2cc(C(=O)NCCC(=O)OCc3ccccc3)sc12. The molecule has 0 radical (unpaired) electrons. The van der Waals surface area contributed by atoms with Crippen molar-refractivity contribution in [2.24, 2.45) is 0 Å². The minimum atomic E-state index is -0.353. The quantitative estimate of drug-likeness (QED) is 0.647. The van der Waals surface area contributed by atoms with Crippen molar-refractivity contribution in [2.45, 2.75) is 13.0 Å². The van der Waals surface area contributed by atoms with Gasteiger partial charge in [-0.15, -0.1) is 11.3 Å². The number of hydrogen-bond donors (Lipinski definition) is 1. The Labute approximate surface area is 154 Å². The molecule has 6 nitrogen and oxygen atoms in total. The first-order valence-corrected chi connectivity index (χ1v) is 8.89. The Bertz CT molecular complexity index is 908. The number of carbonyl (C=O) groups is 2. The molecule has 0 unspecified atom stereocenters. The molecule has 3 aromatic rings. The average Bonchev–Trinajstić information content (AvgIpc) is 3.11. The molecule has 3 rings (SSSR count). The molecule has 1 aromatic carbocycles. The van der Waals surface area contributed by atoms with E-state index in [9.17, 15) is 9.59 Å². The molecule has 2 heterocycles. The molecule has 0 aliphatic heterocycles. The van der Waals surface area contributed by atoms with Gasteiger partial charge in [-0.1, -0.05) is 30.3 Å². The first-order valence-electron chi connectivity index (χ1n) is 8.07. The van der Waals surface area contributed by atoms with E-state index in [1.807, 2.05) is 30.3 Å². The monoisotopic (exact) mass is 370 g/mol. The molecule has 2 aromatic heterocycles. The highest BCUT2D eigenvalue weighted by atomic mass is 32.1. The van der Waals surface area contributed by atoms with E-state index in [2.05, 4.69) is 10.3 Å². The number of nitrogens with one attached hydrogen (secondary N) is 1. The fraction of sp³-hybridized carbons (Fsp3) is 0.211. The van der Waals surface area contributed by atoms with E-state index in [1.165, 1.54) is 11.3 Å². The highest BCUT2D eigenvalue weighted by Crippen LogP contribution is 2.31. The third-order valence-corrected chi connectivity index (χ3v) is 4.81. The predicted octanol–water partition coefficient (Wildman–Crippen LogP) is 3.17. The van der Waals surface area contributed by atoms with E-state index in [1.54, 1.807) is 25.4 Å². The highest BCUT2D eigenvalue weighted by Gasteiger charge is 2.14. The lowest BCUT2D eigenvalue weighted by atomic mass is 10.2. The summed E-state index contributed by atoms with van der Waals surface area (Å²) in [7, 11) is 1.58. The minimum absolute atomic E-state index is 0.116. The molecular weight excluding hydrogens is 352 g/mol. The van der Waals surface area contributed by atoms with Crippen LogP contribution in [0.25, 0.3) is 10.2 Å². The van der Waals surface area contributed by atoms with Gasteiger partial charge in [0.15, 0.2) is 0 Å². The number of amides is 1. The standard InChI is InChI=1S/C19H18N2O4S/c1-24-15-7-9-20-14-11-16(26-18(14)15)19(23)21-10-8-17(22)25-12-13-5-3-2-4-6-13/h2-7,9,11H,8,10,12H2,1H3,(H,21,23). The Hall–Kier alpha value is -2.93. The summed E-state index contributed by atoms with van der Waals surface area (Å²) in [6.07, 6.45) is 1.75. The zero-order chi connectivity index (χ0) is 18.4. The van der Waals surface area contributed by atoms with Gasteiger partial charge >= 0.3 is 5.97 Å². The summed E-state index contributed by atoms with van der Waals surface area (Å²) in [5.74, 6) is 0.0864. The van der Waals surface area contributed by atoms with Crippen LogP contribution in [0.4, 0.5) is 0 Å². The number of methoxy groups -OCH3 is 1. The molecule has 0 bridgehead atoms. The number of aromatic nitrogens is 1. The van der Waals surface area contributed by atoms with Crippen LogP contribution < -0.4 is 10.1 Å². The molecular formula is C19H18N2O4S. The molecule has 0 spiro atoms. The third kappa shape index (κ3) is 4.37. The van der Waals surface area contributed by atoms with Gasteiger partial charge in [0.1, 0.15) is 12.4 Å². The largest absolute Gasteiger partial charge is 0.495 e. The van der Waals surface area contributed by atoms with Crippen molar-refractivity contribution in [2.75, 3.05) is 13.7 Å². The highest BCUT2D eigenvalue weighted by molar-refractivity contribution is 7.21. The van der Waals surface area contributed by atoms with Crippen molar-refractivity contribution < 1.29 is 19.1 Å². The van der Waals surface area contributed by atoms with Crippen molar-refractivity contribution in [3.8, 4) is 5.75 Å².